The molecule has 4 rings (SSSR count). The summed E-state index contributed by atoms with van der Waals surface area (Å²) >= 11 is 1.30. The van der Waals surface area contributed by atoms with Crippen molar-refractivity contribution in [3.63, 3.8) is 0 Å². The fourth-order valence-corrected chi connectivity index (χ4v) is 5.19. The molecular formula is C26H30N6O2S. The molecule has 9 heteroatoms. The fourth-order valence-electron chi connectivity index (χ4n) is 4.32. The summed E-state index contributed by atoms with van der Waals surface area (Å²) in [5.74, 6) is -0.382. The highest BCUT2D eigenvalue weighted by Crippen LogP contribution is 2.29. The summed E-state index contributed by atoms with van der Waals surface area (Å²) in [5, 5.41) is 9.60. The second-order valence-corrected chi connectivity index (χ2v) is 10.5. The quantitative estimate of drug-likeness (QED) is 0.383. The van der Waals surface area contributed by atoms with Gasteiger partial charge in [-0.05, 0) is 44.0 Å². The van der Waals surface area contributed by atoms with Crippen LogP contribution in [0.1, 0.15) is 41.9 Å². The van der Waals surface area contributed by atoms with Crippen molar-refractivity contribution in [2.75, 3.05) is 5.32 Å². The van der Waals surface area contributed by atoms with E-state index in [0.717, 1.165) is 29.0 Å². The van der Waals surface area contributed by atoms with Crippen molar-refractivity contribution in [1.29, 1.82) is 0 Å². The lowest BCUT2D eigenvalue weighted by Gasteiger charge is -2.38. The van der Waals surface area contributed by atoms with E-state index in [2.05, 4.69) is 46.3 Å². The van der Waals surface area contributed by atoms with Gasteiger partial charge in [-0.1, -0.05) is 36.9 Å². The van der Waals surface area contributed by atoms with Crippen LogP contribution in [0.5, 0.6) is 0 Å². The number of carbonyl (C=O) groups excluding carboxylic acids is 2. The Morgan fingerprint density at radius 1 is 1.23 bits per heavy atom. The highest BCUT2D eigenvalue weighted by atomic mass is 32.1. The molecule has 0 saturated carbocycles. The molecule has 0 spiro atoms. The predicted molar refractivity (Wildman–Crippen MR) is 139 cm³/mol. The van der Waals surface area contributed by atoms with E-state index in [1.165, 1.54) is 11.3 Å². The lowest BCUT2D eigenvalue weighted by molar-refractivity contribution is -0.119. The Morgan fingerprint density at radius 2 is 2.00 bits per heavy atom. The zero-order valence-corrected chi connectivity index (χ0v) is 20.7. The van der Waals surface area contributed by atoms with E-state index in [-0.39, 0.29) is 17.5 Å². The zero-order chi connectivity index (χ0) is 25.0. The molecule has 0 aliphatic carbocycles. The molecule has 1 saturated heterocycles. The monoisotopic (exact) mass is 490 g/mol. The van der Waals surface area contributed by atoms with E-state index in [1.54, 1.807) is 12.3 Å². The number of primary amides is 1. The van der Waals surface area contributed by atoms with Gasteiger partial charge >= 0.3 is 0 Å². The number of carbonyl (C=O) groups is 2. The van der Waals surface area contributed by atoms with Crippen molar-refractivity contribution in [3.05, 3.63) is 77.4 Å². The van der Waals surface area contributed by atoms with Crippen molar-refractivity contribution in [3.8, 4) is 10.6 Å². The Balaban J connectivity index is 1.43. The third-order valence-electron chi connectivity index (χ3n) is 5.77. The lowest BCUT2D eigenvalue weighted by atomic mass is 9.88. The summed E-state index contributed by atoms with van der Waals surface area (Å²) in [7, 11) is 0. The molecule has 8 nitrogen and oxygen atoms in total. The molecule has 35 heavy (non-hydrogen) atoms. The molecule has 3 aromatic rings. The van der Waals surface area contributed by atoms with Crippen LogP contribution in [0.2, 0.25) is 0 Å². The number of thiophene rings is 1. The van der Waals surface area contributed by atoms with Crippen LogP contribution in [0.15, 0.2) is 67.0 Å². The van der Waals surface area contributed by atoms with Crippen molar-refractivity contribution in [2.45, 2.75) is 50.7 Å². The van der Waals surface area contributed by atoms with Gasteiger partial charge in [0.05, 0.1) is 15.4 Å². The predicted octanol–water partition coefficient (Wildman–Crippen LogP) is 3.49. The molecule has 2 amide bonds. The standard InChI is InChI=1S/C26H30N6O2S/c1-16-13-18(15-26(2,3)32-16)29-25-28-12-11-19(31-25)21-9-10-22(35-21)24(34)30-20(23(27)33)14-17-7-5-4-6-8-17/h4-12,18,20,32H,1,13-15H2,2-3H3,(H2,27,33)(H,30,34)(H,28,29,31)/t18?,20-/m0/s1. The van der Waals surface area contributed by atoms with Gasteiger partial charge < -0.3 is 21.7 Å². The normalized spacial score (nSPS) is 17.8. The van der Waals surface area contributed by atoms with Crippen molar-refractivity contribution in [1.82, 2.24) is 20.6 Å². The van der Waals surface area contributed by atoms with Gasteiger partial charge in [0.1, 0.15) is 6.04 Å². The number of anilines is 1. The number of rotatable bonds is 8. The Bertz CT molecular complexity index is 1220. The molecular weight excluding hydrogens is 460 g/mol. The van der Waals surface area contributed by atoms with Crippen LogP contribution in [-0.2, 0) is 11.2 Å². The molecule has 1 fully saturated rings. The Hall–Kier alpha value is -3.72. The third kappa shape index (κ3) is 6.45. The van der Waals surface area contributed by atoms with Gasteiger partial charge in [-0.15, -0.1) is 11.3 Å². The topological polar surface area (TPSA) is 122 Å². The molecule has 1 aliphatic heterocycles. The smallest absolute Gasteiger partial charge is 0.262 e. The number of piperidine rings is 1. The molecule has 3 heterocycles. The van der Waals surface area contributed by atoms with E-state index in [4.69, 9.17) is 5.73 Å². The minimum atomic E-state index is -0.797. The van der Waals surface area contributed by atoms with Crippen LogP contribution >= 0.6 is 11.3 Å². The van der Waals surface area contributed by atoms with Crippen LogP contribution in [-0.4, -0.2) is 39.4 Å². The fraction of sp³-hybridized carbons (Fsp3) is 0.308. The van der Waals surface area contributed by atoms with Crippen molar-refractivity contribution >= 4 is 29.1 Å². The van der Waals surface area contributed by atoms with Crippen LogP contribution in [0.4, 0.5) is 5.95 Å². The maximum atomic E-state index is 12.8. The number of benzene rings is 1. The Morgan fingerprint density at radius 3 is 2.71 bits per heavy atom. The number of nitrogens with zero attached hydrogens (tertiary/aromatic N) is 2. The average Bonchev–Trinajstić information content (AvgIpc) is 3.29. The largest absolute Gasteiger partial charge is 0.384 e. The summed E-state index contributed by atoms with van der Waals surface area (Å²) in [6.45, 7) is 8.37. The maximum Gasteiger partial charge on any atom is 0.262 e. The van der Waals surface area contributed by atoms with E-state index in [9.17, 15) is 9.59 Å². The first-order valence-corrected chi connectivity index (χ1v) is 12.3. The number of nitrogens with one attached hydrogen (secondary N) is 3. The van der Waals surface area contributed by atoms with Crippen LogP contribution in [0, 0.1) is 0 Å². The highest BCUT2D eigenvalue weighted by Gasteiger charge is 2.29. The number of hydrogen-bond donors (Lipinski definition) is 4. The molecule has 0 radical (unpaired) electrons. The first-order valence-electron chi connectivity index (χ1n) is 11.5. The molecule has 0 bridgehead atoms. The van der Waals surface area contributed by atoms with Gasteiger partial charge in [-0.25, -0.2) is 9.97 Å². The van der Waals surface area contributed by atoms with E-state index in [1.807, 2.05) is 42.5 Å². The lowest BCUT2D eigenvalue weighted by Crippen LogP contribution is -2.48. The van der Waals surface area contributed by atoms with Gasteiger partial charge in [-0.3, -0.25) is 9.59 Å². The van der Waals surface area contributed by atoms with Gasteiger partial charge in [-0.2, -0.15) is 0 Å². The molecule has 2 aromatic heterocycles. The van der Waals surface area contributed by atoms with E-state index in [0.29, 0.717) is 22.9 Å². The summed E-state index contributed by atoms with van der Waals surface area (Å²) in [5.41, 5.74) is 8.12. The minimum absolute atomic E-state index is 0.0517. The number of hydrogen-bond acceptors (Lipinski definition) is 7. The molecule has 5 N–H and O–H groups in total. The summed E-state index contributed by atoms with van der Waals surface area (Å²) in [4.78, 5) is 35.1. The summed E-state index contributed by atoms with van der Waals surface area (Å²) < 4.78 is 0. The first-order chi connectivity index (χ1) is 16.7. The van der Waals surface area contributed by atoms with Crippen LogP contribution < -0.4 is 21.7 Å². The SMILES string of the molecule is C=C1CC(Nc2nccc(-c3ccc(C(=O)N[C@@H](Cc4ccccc4)C(N)=O)s3)n2)CC(C)(C)N1. The average molecular weight is 491 g/mol. The second-order valence-electron chi connectivity index (χ2n) is 9.41. The number of nitrogens with two attached hydrogens (primary N) is 1. The molecule has 1 unspecified atom stereocenters. The van der Waals surface area contributed by atoms with Crippen molar-refractivity contribution < 1.29 is 9.59 Å². The van der Waals surface area contributed by atoms with Gasteiger partial charge in [0, 0.05) is 36.3 Å². The zero-order valence-electron chi connectivity index (χ0n) is 19.9. The third-order valence-corrected chi connectivity index (χ3v) is 6.87. The molecule has 1 aliphatic rings. The highest BCUT2D eigenvalue weighted by molar-refractivity contribution is 7.17. The molecule has 2 atom stereocenters. The molecule has 1 aromatic carbocycles. The van der Waals surface area contributed by atoms with Crippen LogP contribution in [0.25, 0.3) is 10.6 Å². The van der Waals surface area contributed by atoms with E-state index >= 15 is 0 Å². The van der Waals surface area contributed by atoms with Gasteiger partial charge in [0.2, 0.25) is 11.9 Å². The second kappa shape index (κ2) is 10.3. The summed E-state index contributed by atoms with van der Waals surface area (Å²) in [6.07, 6.45) is 3.74. The van der Waals surface area contributed by atoms with Crippen molar-refractivity contribution in [2.24, 2.45) is 5.73 Å². The maximum absolute atomic E-state index is 12.8. The number of aromatic nitrogens is 2. The molecule has 182 valence electrons. The number of amides is 2. The van der Waals surface area contributed by atoms with Gasteiger partial charge in [0.15, 0.2) is 0 Å². The Kier molecular flexibility index (Phi) is 7.16. The minimum Gasteiger partial charge on any atom is -0.384 e. The first kappa shape index (κ1) is 24.4. The van der Waals surface area contributed by atoms with Crippen LogP contribution in [0.3, 0.4) is 0 Å². The Labute approximate surface area is 209 Å². The summed E-state index contributed by atoms with van der Waals surface area (Å²) in [6, 6.07) is 14.2. The van der Waals surface area contributed by atoms with E-state index < -0.39 is 11.9 Å². The van der Waals surface area contributed by atoms with Gasteiger partial charge in [0.25, 0.3) is 5.91 Å².